The number of benzene rings is 3. The maximum Gasteiger partial charge on any atom is 0.261 e. The lowest BCUT2D eigenvalue weighted by molar-refractivity contribution is 0.0952. The first-order valence-corrected chi connectivity index (χ1v) is 9.25. The highest BCUT2D eigenvalue weighted by Crippen LogP contribution is 2.16. The number of fused-ring (bicyclic) bond motifs is 1. The molecule has 0 atom stereocenters. The minimum absolute atomic E-state index is 0.123. The molecule has 1 heterocycles. The minimum atomic E-state index is -0.385. The van der Waals surface area contributed by atoms with E-state index in [0.29, 0.717) is 18.7 Å². The zero-order valence-electron chi connectivity index (χ0n) is 15.3. The molecule has 138 valence electrons. The van der Waals surface area contributed by atoms with Crippen molar-refractivity contribution in [3.05, 3.63) is 106 Å². The monoisotopic (exact) mass is 368 g/mol. The predicted molar refractivity (Wildman–Crippen MR) is 112 cm³/mol. The molecule has 4 aromatic rings. The van der Waals surface area contributed by atoms with Gasteiger partial charge in [-0.2, -0.15) is 0 Å². The Kier molecular flexibility index (Phi) is 5.02. The number of carbonyl (C=O) groups is 1. The van der Waals surface area contributed by atoms with Crippen molar-refractivity contribution in [2.45, 2.75) is 6.42 Å². The highest BCUT2D eigenvalue weighted by Gasteiger charge is 2.11. The maximum absolute atomic E-state index is 12.4. The van der Waals surface area contributed by atoms with Gasteiger partial charge in [0.25, 0.3) is 11.5 Å². The molecule has 0 saturated carbocycles. The molecule has 0 bridgehead atoms. The van der Waals surface area contributed by atoms with Crippen LogP contribution in [0.3, 0.4) is 0 Å². The van der Waals surface area contributed by atoms with Crippen molar-refractivity contribution in [3.63, 3.8) is 0 Å². The summed E-state index contributed by atoms with van der Waals surface area (Å²) >= 11 is 0. The molecule has 1 aromatic heterocycles. The van der Waals surface area contributed by atoms with Gasteiger partial charge in [-0.1, -0.05) is 72.8 Å². The molecular formula is C24H20N2O2. The highest BCUT2D eigenvalue weighted by molar-refractivity contribution is 5.94. The van der Waals surface area contributed by atoms with Gasteiger partial charge in [0.05, 0.1) is 0 Å². The molecule has 0 aliphatic rings. The van der Waals surface area contributed by atoms with E-state index in [0.717, 1.165) is 11.1 Å². The molecule has 0 fully saturated rings. The fraction of sp³-hybridized carbons (Fsp3) is 0.0833. The van der Waals surface area contributed by atoms with E-state index in [1.807, 2.05) is 42.5 Å². The number of hydrogen-bond acceptors (Lipinski definition) is 2. The molecule has 0 saturated heterocycles. The zero-order valence-corrected chi connectivity index (χ0v) is 15.3. The van der Waals surface area contributed by atoms with Crippen LogP contribution in [0.25, 0.3) is 22.0 Å². The number of H-pyrrole nitrogens is 1. The number of hydrogen-bond donors (Lipinski definition) is 2. The molecule has 0 radical (unpaired) electrons. The third-order valence-electron chi connectivity index (χ3n) is 4.75. The number of carbonyl (C=O) groups excluding carboxylic acids is 1. The SMILES string of the molecule is O=C(NCCc1ccc2ccccc2c1)c1ccc(-c2ccccc2)[nH]c1=O. The quantitative estimate of drug-likeness (QED) is 0.555. The Balaban J connectivity index is 1.41. The fourth-order valence-electron chi connectivity index (χ4n) is 3.25. The summed E-state index contributed by atoms with van der Waals surface area (Å²) in [6.45, 7) is 0.469. The third kappa shape index (κ3) is 3.86. The summed E-state index contributed by atoms with van der Waals surface area (Å²) in [6, 6.07) is 27.3. The number of aromatic amines is 1. The second-order valence-electron chi connectivity index (χ2n) is 6.67. The van der Waals surface area contributed by atoms with E-state index in [-0.39, 0.29) is 17.0 Å². The fourth-order valence-corrected chi connectivity index (χ4v) is 3.25. The number of aromatic nitrogens is 1. The lowest BCUT2D eigenvalue weighted by Gasteiger charge is -2.07. The molecule has 4 heteroatoms. The van der Waals surface area contributed by atoms with Crippen LogP contribution in [0.1, 0.15) is 15.9 Å². The summed E-state index contributed by atoms with van der Waals surface area (Å²) in [4.78, 5) is 27.5. The standard InChI is InChI=1S/C24H20N2O2/c27-23(21-12-13-22(26-24(21)28)19-7-2-1-3-8-19)25-15-14-17-10-11-18-6-4-5-9-20(18)16-17/h1-13,16H,14-15H2,(H,25,27)(H,26,28). The molecule has 2 N–H and O–H groups in total. The summed E-state index contributed by atoms with van der Waals surface area (Å²) in [5.74, 6) is -0.360. The summed E-state index contributed by atoms with van der Waals surface area (Å²) in [7, 11) is 0. The van der Waals surface area contributed by atoms with Gasteiger partial charge in [0.1, 0.15) is 5.56 Å². The molecule has 1 amide bonds. The van der Waals surface area contributed by atoms with Crippen LogP contribution in [0.2, 0.25) is 0 Å². The number of nitrogens with one attached hydrogen (secondary N) is 2. The summed E-state index contributed by atoms with van der Waals surface area (Å²) < 4.78 is 0. The second kappa shape index (κ2) is 7.92. The van der Waals surface area contributed by atoms with Crippen molar-refractivity contribution in [3.8, 4) is 11.3 Å². The molecule has 0 spiro atoms. The van der Waals surface area contributed by atoms with Crippen LogP contribution in [0, 0.1) is 0 Å². The molecule has 3 aromatic carbocycles. The first-order valence-electron chi connectivity index (χ1n) is 9.25. The van der Waals surface area contributed by atoms with Crippen molar-refractivity contribution in [1.82, 2.24) is 10.3 Å². The lowest BCUT2D eigenvalue weighted by Crippen LogP contribution is -2.31. The molecule has 4 nitrogen and oxygen atoms in total. The largest absolute Gasteiger partial charge is 0.352 e. The molecule has 0 aliphatic carbocycles. The van der Waals surface area contributed by atoms with Gasteiger partial charge >= 0.3 is 0 Å². The van der Waals surface area contributed by atoms with Crippen molar-refractivity contribution in [2.24, 2.45) is 0 Å². The van der Waals surface area contributed by atoms with Crippen molar-refractivity contribution < 1.29 is 4.79 Å². The van der Waals surface area contributed by atoms with E-state index in [4.69, 9.17) is 0 Å². The van der Waals surface area contributed by atoms with E-state index in [1.165, 1.54) is 10.8 Å². The van der Waals surface area contributed by atoms with Crippen LogP contribution < -0.4 is 10.9 Å². The molecule has 0 aliphatic heterocycles. The number of pyridine rings is 1. The second-order valence-corrected chi connectivity index (χ2v) is 6.67. The van der Waals surface area contributed by atoms with E-state index < -0.39 is 0 Å². The highest BCUT2D eigenvalue weighted by atomic mass is 16.2. The van der Waals surface area contributed by atoms with Crippen LogP contribution in [-0.2, 0) is 6.42 Å². The number of rotatable bonds is 5. The van der Waals surface area contributed by atoms with Crippen LogP contribution in [0.5, 0.6) is 0 Å². The maximum atomic E-state index is 12.4. The van der Waals surface area contributed by atoms with Crippen LogP contribution in [0.15, 0.2) is 89.7 Å². The summed E-state index contributed by atoms with van der Waals surface area (Å²) in [6.07, 6.45) is 0.705. The molecule has 4 rings (SSSR count). The Bertz CT molecular complexity index is 1180. The van der Waals surface area contributed by atoms with Gasteiger partial charge in [-0.15, -0.1) is 0 Å². The Morgan fingerprint density at radius 1 is 0.821 bits per heavy atom. The van der Waals surface area contributed by atoms with Crippen molar-refractivity contribution in [2.75, 3.05) is 6.54 Å². The predicted octanol–water partition coefficient (Wildman–Crippen LogP) is 4.17. The van der Waals surface area contributed by atoms with Gasteiger partial charge < -0.3 is 10.3 Å². The third-order valence-corrected chi connectivity index (χ3v) is 4.75. The smallest absolute Gasteiger partial charge is 0.261 e. The van der Waals surface area contributed by atoms with E-state index >= 15 is 0 Å². The van der Waals surface area contributed by atoms with Gasteiger partial charge in [0.2, 0.25) is 0 Å². The van der Waals surface area contributed by atoms with Crippen molar-refractivity contribution in [1.29, 1.82) is 0 Å². The Labute approximate surface area is 162 Å². The molecular weight excluding hydrogens is 348 g/mol. The average molecular weight is 368 g/mol. The Hall–Kier alpha value is -3.66. The minimum Gasteiger partial charge on any atom is -0.352 e. The summed E-state index contributed by atoms with van der Waals surface area (Å²) in [5.41, 5.74) is 2.48. The summed E-state index contributed by atoms with van der Waals surface area (Å²) in [5, 5.41) is 5.21. The van der Waals surface area contributed by atoms with Gasteiger partial charge in [-0.25, -0.2) is 0 Å². The normalized spacial score (nSPS) is 10.7. The van der Waals surface area contributed by atoms with Gasteiger partial charge in [0, 0.05) is 12.2 Å². The topological polar surface area (TPSA) is 62.0 Å². The zero-order chi connectivity index (χ0) is 19.3. The molecule has 0 unspecified atom stereocenters. The first kappa shape index (κ1) is 17.7. The van der Waals surface area contributed by atoms with Gasteiger partial charge in [-0.05, 0) is 40.5 Å². The van der Waals surface area contributed by atoms with Crippen LogP contribution in [-0.4, -0.2) is 17.4 Å². The van der Waals surface area contributed by atoms with E-state index in [1.54, 1.807) is 12.1 Å². The number of amides is 1. The van der Waals surface area contributed by atoms with Gasteiger partial charge in [-0.3, -0.25) is 9.59 Å². The Morgan fingerprint density at radius 2 is 1.57 bits per heavy atom. The van der Waals surface area contributed by atoms with Crippen LogP contribution in [0.4, 0.5) is 0 Å². The Morgan fingerprint density at radius 3 is 2.36 bits per heavy atom. The van der Waals surface area contributed by atoms with E-state index in [2.05, 4.69) is 40.6 Å². The van der Waals surface area contributed by atoms with Gasteiger partial charge in [0.15, 0.2) is 0 Å². The first-order chi connectivity index (χ1) is 13.7. The van der Waals surface area contributed by atoms with E-state index in [9.17, 15) is 9.59 Å². The van der Waals surface area contributed by atoms with Crippen molar-refractivity contribution >= 4 is 16.7 Å². The molecule has 28 heavy (non-hydrogen) atoms. The van der Waals surface area contributed by atoms with Crippen LogP contribution >= 0.6 is 0 Å². The lowest BCUT2D eigenvalue weighted by atomic mass is 10.1. The average Bonchev–Trinajstić information content (AvgIpc) is 2.74.